The van der Waals surface area contributed by atoms with Crippen LogP contribution in [0.5, 0.6) is 0 Å². The summed E-state index contributed by atoms with van der Waals surface area (Å²) in [6.45, 7) is 10.6. The molecule has 1 atom stereocenters. The van der Waals surface area contributed by atoms with Crippen LogP contribution in [-0.2, 0) is 4.74 Å². The molecule has 1 N–H and O–H groups in total. The van der Waals surface area contributed by atoms with Crippen molar-refractivity contribution in [2.75, 3.05) is 38.2 Å². The molecule has 0 spiro atoms. The molecule has 18 heavy (non-hydrogen) atoms. The van der Waals surface area contributed by atoms with E-state index in [4.69, 9.17) is 4.74 Å². The Morgan fingerprint density at radius 3 is 2.61 bits per heavy atom. The number of morpholine rings is 1. The number of ether oxygens (including phenoxy) is 1. The van der Waals surface area contributed by atoms with Crippen LogP contribution in [0.15, 0.2) is 0 Å². The fourth-order valence-corrected chi connectivity index (χ4v) is 1.96. The van der Waals surface area contributed by atoms with Crippen molar-refractivity contribution in [2.45, 2.75) is 26.8 Å². The van der Waals surface area contributed by atoms with E-state index in [9.17, 15) is 0 Å². The Hall–Kier alpha value is -1.27. The average molecular weight is 251 g/mol. The van der Waals surface area contributed by atoms with Gasteiger partial charge in [0.05, 0.1) is 24.6 Å². The topological polar surface area (TPSA) is 63.2 Å². The van der Waals surface area contributed by atoms with Gasteiger partial charge in [0, 0.05) is 25.7 Å². The highest BCUT2D eigenvalue weighted by molar-refractivity contribution is 5.26. The number of rotatable bonds is 4. The summed E-state index contributed by atoms with van der Waals surface area (Å²) in [4.78, 5) is 6.76. The van der Waals surface area contributed by atoms with Crippen molar-refractivity contribution in [3.63, 3.8) is 0 Å². The van der Waals surface area contributed by atoms with Gasteiger partial charge < -0.3 is 10.1 Å². The molecule has 1 fully saturated rings. The van der Waals surface area contributed by atoms with Crippen molar-refractivity contribution in [1.82, 2.24) is 20.1 Å². The molecule has 1 aromatic heterocycles. The van der Waals surface area contributed by atoms with Gasteiger partial charge in [-0.1, -0.05) is 0 Å². The van der Waals surface area contributed by atoms with Gasteiger partial charge in [-0.15, -0.1) is 5.10 Å². The fourth-order valence-electron chi connectivity index (χ4n) is 1.96. The number of nitrogens with one attached hydrogen (secondary N) is 1. The number of hydrogen-bond acceptors (Lipinski definition) is 6. The van der Waals surface area contributed by atoms with E-state index >= 15 is 0 Å². The Labute approximate surface area is 108 Å². The van der Waals surface area contributed by atoms with E-state index < -0.39 is 0 Å². The SMILES string of the molecule is Cc1nnc(NC(C)CN2CCOCC2)nc1C. The lowest BCUT2D eigenvalue weighted by atomic mass is 10.3. The smallest absolute Gasteiger partial charge is 0.243 e. The van der Waals surface area contributed by atoms with E-state index in [1.54, 1.807) is 0 Å². The zero-order valence-electron chi connectivity index (χ0n) is 11.3. The van der Waals surface area contributed by atoms with Crippen molar-refractivity contribution < 1.29 is 4.74 Å². The molecule has 0 saturated carbocycles. The molecule has 6 nitrogen and oxygen atoms in total. The molecular formula is C12H21N5O. The highest BCUT2D eigenvalue weighted by Gasteiger charge is 2.14. The van der Waals surface area contributed by atoms with Gasteiger partial charge in [-0.2, -0.15) is 5.10 Å². The molecular weight excluding hydrogens is 230 g/mol. The van der Waals surface area contributed by atoms with Crippen molar-refractivity contribution in [1.29, 1.82) is 0 Å². The van der Waals surface area contributed by atoms with Crippen molar-refractivity contribution in [3.05, 3.63) is 11.4 Å². The minimum absolute atomic E-state index is 0.298. The summed E-state index contributed by atoms with van der Waals surface area (Å²) in [6.07, 6.45) is 0. The highest BCUT2D eigenvalue weighted by atomic mass is 16.5. The lowest BCUT2D eigenvalue weighted by Gasteiger charge is -2.29. The van der Waals surface area contributed by atoms with Crippen LogP contribution in [0.25, 0.3) is 0 Å². The minimum atomic E-state index is 0.298. The Bertz CT molecular complexity index is 392. The standard InChI is InChI=1S/C12H21N5O/c1-9(8-17-4-6-18-7-5-17)13-12-14-10(2)11(3)15-16-12/h9H,4-8H2,1-3H3,(H,13,14,16). The number of aryl methyl sites for hydroxylation is 2. The minimum Gasteiger partial charge on any atom is -0.379 e. The normalized spacial score (nSPS) is 18.6. The zero-order chi connectivity index (χ0) is 13.0. The van der Waals surface area contributed by atoms with Crippen LogP contribution >= 0.6 is 0 Å². The van der Waals surface area contributed by atoms with Crippen molar-refractivity contribution in [3.8, 4) is 0 Å². The van der Waals surface area contributed by atoms with Gasteiger partial charge in [-0.3, -0.25) is 4.90 Å². The fraction of sp³-hybridized carbons (Fsp3) is 0.750. The van der Waals surface area contributed by atoms with E-state index in [0.717, 1.165) is 44.2 Å². The molecule has 0 amide bonds. The van der Waals surface area contributed by atoms with Crippen LogP contribution in [0.4, 0.5) is 5.95 Å². The molecule has 1 aromatic rings. The second kappa shape index (κ2) is 6.06. The first-order valence-electron chi connectivity index (χ1n) is 6.39. The molecule has 0 radical (unpaired) electrons. The summed E-state index contributed by atoms with van der Waals surface area (Å²) in [5.41, 5.74) is 1.80. The van der Waals surface area contributed by atoms with Gasteiger partial charge in [0.15, 0.2) is 0 Å². The Kier molecular flexibility index (Phi) is 4.43. The maximum atomic E-state index is 5.33. The number of anilines is 1. The first kappa shape index (κ1) is 13.2. The van der Waals surface area contributed by atoms with E-state index in [1.165, 1.54) is 0 Å². The van der Waals surface area contributed by atoms with E-state index in [1.807, 2.05) is 13.8 Å². The second-order valence-electron chi connectivity index (χ2n) is 4.76. The molecule has 0 aliphatic carbocycles. The lowest BCUT2D eigenvalue weighted by Crippen LogP contribution is -2.42. The Morgan fingerprint density at radius 2 is 1.94 bits per heavy atom. The van der Waals surface area contributed by atoms with Crippen LogP contribution in [0, 0.1) is 13.8 Å². The third kappa shape index (κ3) is 3.61. The van der Waals surface area contributed by atoms with E-state index in [-0.39, 0.29) is 0 Å². The van der Waals surface area contributed by atoms with Crippen LogP contribution in [-0.4, -0.2) is 59.0 Å². The van der Waals surface area contributed by atoms with Gasteiger partial charge in [0.2, 0.25) is 5.95 Å². The summed E-state index contributed by atoms with van der Waals surface area (Å²) < 4.78 is 5.33. The maximum Gasteiger partial charge on any atom is 0.243 e. The first-order chi connectivity index (χ1) is 8.65. The van der Waals surface area contributed by atoms with Crippen molar-refractivity contribution in [2.24, 2.45) is 0 Å². The maximum absolute atomic E-state index is 5.33. The molecule has 1 aliphatic heterocycles. The molecule has 6 heteroatoms. The molecule has 1 unspecified atom stereocenters. The molecule has 0 bridgehead atoms. The van der Waals surface area contributed by atoms with E-state index in [0.29, 0.717) is 12.0 Å². The summed E-state index contributed by atoms with van der Waals surface area (Å²) in [5, 5.41) is 11.4. The van der Waals surface area contributed by atoms with E-state index in [2.05, 4.69) is 32.3 Å². The monoisotopic (exact) mass is 251 g/mol. The van der Waals surface area contributed by atoms with Crippen molar-refractivity contribution >= 4 is 5.95 Å². The summed E-state index contributed by atoms with van der Waals surface area (Å²) >= 11 is 0. The largest absolute Gasteiger partial charge is 0.379 e. The Balaban J connectivity index is 1.85. The van der Waals surface area contributed by atoms with Gasteiger partial charge >= 0.3 is 0 Å². The predicted octanol–water partition coefficient (Wildman–Crippen LogP) is 0.621. The van der Waals surface area contributed by atoms with Gasteiger partial charge in [-0.25, -0.2) is 4.98 Å². The Morgan fingerprint density at radius 1 is 1.22 bits per heavy atom. The van der Waals surface area contributed by atoms with Gasteiger partial charge in [-0.05, 0) is 20.8 Å². The summed E-state index contributed by atoms with van der Waals surface area (Å²) in [5.74, 6) is 0.610. The lowest BCUT2D eigenvalue weighted by molar-refractivity contribution is 0.0367. The molecule has 1 aliphatic rings. The van der Waals surface area contributed by atoms with Crippen LogP contribution in [0.2, 0.25) is 0 Å². The predicted molar refractivity (Wildman–Crippen MR) is 69.6 cm³/mol. The average Bonchev–Trinajstić information content (AvgIpc) is 2.35. The molecule has 100 valence electrons. The quantitative estimate of drug-likeness (QED) is 0.846. The third-order valence-electron chi connectivity index (χ3n) is 3.10. The zero-order valence-corrected chi connectivity index (χ0v) is 11.3. The summed E-state index contributed by atoms with van der Waals surface area (Å²) in [6, 6.07) is 0.298. The van der Waals surface area contributed by atoms with Crippen LogP contribution < -0.4 is 5.32 Å². The third-order valence-corrected chi connectivity index (χ3v) is 3.10. The molecule has 2 heterocycles. The number of hydrogen-bond donors (Lipinski definition) is 1. The summed E-state index contributed by atoms with van der Waals surface area (Å²) in [7, 11) is 0. The second-order valence-corrected chi connectivity index (χ2v) is 4.76. The molecule has 2 rings (SSSR count). The number of aromatic nitrogens is 3. The van der Waals surface area contributed by atoms with Crippen LogP contribution in [0.3, 0.4) is 0 Å². The van der Waals surface area contributed by atoms with Gasteiger partial charge in [0.1, 0.15) is 0 Å². The van der Waals surface area contributed by atoms with Gasteiger partial charge in [0.25, 0.3) is 0 Å². The first-order valence-corrected chi connectivity index (χ1v) is 6.39. The van der Waals surface area contributed by atoms with Crippen LogP contribution in [0.1, 0.15) is 18.3 Å². The number of nitrogens with zero attached hydrogens (tertiary/aromatic N) is 4. The molecule has 0 aromatic carbocycles. The highest BCUT2D eigenvalue weighted by Crippen LogP contribution is 2.05. The molecule has 1 saturated heterocycles.